The van der Waals surface area contributed by atoms with Crippen LogP contribution in [-0.2, 0) is 0 Å². The van der Waals surface area contributed by atoms with Gasteiger partial charge in [0.1, 0.15) is 0 Å². The van der Waals surface area contributed by atoms with E-state index in [9.17, 15) is 0 Å². The normalized spacial score (nSPS) is 18.8. The quantitative estimate of drug-likeness (QED) is 0.818. The molecular formula is C19H26N6. The highest BCUT2D eigenvalue weighted by atomic mass is 15.2. The van der Waals surface area contributed by atoms with Crippen LogP contribution in [0.25, 0.3) is 10.9 Å². The van der Waals surface area contributed by atoms with Gasteiger partial charge in [0.25, 0.3) is 0 Å². The molecule has 0 saturated carbocycles. The molecule has 1 saturated heterocycles. The molecule has 0 radical (unpaired) electrons. The Morgan fingerprint density at radius 1 is 1.48 bits per heavy atom. The maximum atomic E-state index is 5.72. The first-order chi connectivity index (χ1) is 12.1. The molecule has 1 aromatic heterocycles. The summed E-state index contributed by atoms with van der Waals surface area (Å²) >= 11 is 0. The third-order valence-electron chi connectivity index (χ3n) is 4.65. The van der Waals surface area contributed by atoms with Gasteiger partial charge in [0, 0.05) is 42.6 Å². The maximum Gasteiger partial charge on any atom is 0.227 e. The standard InChI is InChI=1S/C19H26N6/c1-4-21-14(3)18(11-20)24-19-22-12-15-7-8-16(10-17(15)23-19)25-9-5-6-13(25)2/h7-8,10-13H,4-6,9,20H2,1-3H3,(H,22,23,24)/b18-11+,21-14?. The summed E-state index contributed by atoms with van der Waals surface area (Å²) in [6, 6.07) is 6.96. The number of nitrogens with two attached hydrogens (primary N) is 1. The highest BCUT2D eigenvalue weighted by molar-refractivity contribution is 6.00. The van der Waals surface area contributed by atoms with Gasteiger partial charge in [0.15, 0.2) is 0 Å². The molecule has 1 aromatic carbocycles. The van der Waals surface area contributed by atoms with E-state index in [4.69, 9.17) is 5.73 Å². The van der Waals surface area contributed by atoms with Crippen LogP contribution in [0.1, 0.15) is 33.6 Å². The molecular weight excluding hydrogens is 312 g/mol. The van der Waals surface area contributed by atoms with Crippen molar-refractivity contribution in [3.8, 4) is 0 Å². The molecule has 1 aliphatic rings. The van der Waals surface area contributed by atoms with Crippen molar-refractivity contribution >= 4 is 28.3 Å². The summed E-state index contributed by atoms with van der Waals surface area (Å²) in [6.45, 7) is 8.00. The van der Waals surface area contributed by atoms with Crippen LogP contribution in [0.3, 0.4) is 0 Å². The van der Waals surface area contributed by atoms with Crippen molar-refractivity contribution < 1.29 is 0 Å². The molecule has 6 nitrogen and oxygen atoms in total. The van der Waals surface area contributed by atoms with E-state index in [1.54, 1.807) is 0 Å². The zero-order valence-corrected chi connectivity index (χ0v) is 15.2. The summed E-state index contributed by atoms with van der Waals surface area (Å²) in [6.07, 6.45) is 5.83. The molecule has 0 bridgehead atoms. The fourth-order valence-corrected chi connectivity index (χ4v) is 3.26. The second kappa shape index (κ2) is 7.51. The van der Waals surface area contributed by atoms with E-state index >= 15 is 0 Å². The van der Waals surface area contributed by atoms with Gasteiger partial charge in [0.05, 0.1) is 16.9 Å². The van der Waals surface area contributed by atoms with Crippen molar-refractivity contribution in [3.63, 3.8) is 0 Å². The Kier molecular flexibility index (Phi) is 5.16. The first-order valence-corrected chi connectivity index (χ1v) is 8.86. The summed E-state index contributed by atoms with van der Waals surface area (Å²) in [5, 5.41) is 4.20. The summed E-state index contributed by atoms with van der Waals surface area (Å²) in [7, 11) is 0. The fourth-order valence-electron chi connectivity index (χ4n) is 3.26. The lowest BCUT2D eigenvalue weighted by Gasteiger charge is -2.24. The number of aliphatic imine (C=N–C) groups is 1. The van der Waals surface area contributed by atoms with E-state index < -0.39 is 0 Å². The Bertz CT molecular complexity index is 811. The van der Waals surface area contributed by atoms with Gasteiger partial charge >= 0.3 is 0 Å². The average molecular weight is 338 g/mol. The first-order valence-electron chi connectivity index (χ1n) is 8.86. The molecule has 1 unspecified atom stereocenters. The number of aromatic nitrogens is 2. The van der Waals surface area contributed by atoms with Crippen molar-refractivity contribution in [2.75, 3.05) is 23.3 Å². The molecule has 0 spiro atoms. The van der Waals surface area contributed by atoms with Crippen LogP contribution in [0.4, 0.5) is 11.6 Å². The van der Waals surface area contributed by atoms with Gasteiger partial charge < -0.3 is 16.0 Å². The second-order valence-electron chi connectivity index (χ2n) is 6.39. The zero-order valence-electron chi connectivity index (χ0n) is 15.2. The number of allylic oxidation sites excluding steroid dienone is 1. The molecule has 2 heterocycles. The van der Waals surface area contributed by atoms with Crippen molar-refractivity contribution in [1.29, 1.82) is 0 Å². The molecule has 1 fully saturated rings. The van der Waals surface area contributed by atoms with E-state index in [0.29, 0.717) is 18.5 Å². The highest BCUT2D eigenvalue weighted by Gasteiger charge is 2.20. The molecule has 132 valence electrons. The predicted octanol–water partition coefficient (Wildman–Crippen LogP) is 3.31. The van der Waals surface area contributed by atoms with Crippen molar-refractivity contribution in [2.45, 2.75) is 39.7 Å². The Labute approximate surface area is 148 Å². The number of hydrogen-bond donors (Lipinski definition) is 2. The maximum absolute atomic E-state index is 5.72. The van der Waals surface area contributed by atoms with Gasteiger partial charge in [-0.05, 0) is 51.8 Å². The zero-order chi connectivity index (χ0) is 17.8. The van der Waals surface area contributed by atoms with Crippen molar-refractivity contribution in [1.82, 2.24) is 9.97 Å². The Morgan fingerprint density at radius 3 is 3.00 bits per heavy atom. The van der Waals surface area contributed by atoms with Gasteiger partial charge in [-0.1, -0.05) is 0 Å². The van der Waals surface area contributed by atoms with Gasteiger partial charge in [-0.15, -0.1) is 0 Å². The molecule has 3 rings (SSSR count). The monoisotopic (exact) mass is 338 g/mol. The topological polar surface area (TPSA) is 79.4 Å². The van der Waals surface area contributed by atoms with E-state index in [-0.39, 0.29) is 0 Å². The van der Waals surface area contributed by atoms with Gasteiger partial charge in [0.2, 0.25) is 5.95 Å². The fraction of sp³-hybridized carbons (Fsp3) is 0.421. The van der Waals surface area contributed by atoms with Crippen LogP contribution in [0.2, 0.25) is 0 Å². The Morgan fingerprint density at radius 2 is 2.32 bits per heavy atom. The minimum Gasteiger partial charge on any atom is -0.403 e. The minimum atomic E-state index is 0.529. The summed E-state index contributed by atoms with van der Waals surface area (Å²) < 4.78 is 0. The largest absolute Gasteiger partial charge is 0.403 e. The highest BCUT2D eigenvalue weighted by Crippen LogP contribution is 2.28. The van der Waals surface area contributed by atoms with Crippen LogP contribution >= 0.6 is 0 Å². The van der Waals surface area contributed by atoms with Gasteiger partial charge in [-0.3, -0.25) is 4.99 Å². The van der Waals surface area contributed by atoms with Crippen LogP contribution in [0, 0.1) is 0 Å². The number of benzene rings is 1. The van der Waals surface area contributed by atoms with E-state index in [1.807, 2.05) is 20.0 Å². The smallest absolute Gasteiger partial charge is 0.227 e. The summed E-state index contributed by atoms with van der Waals surface area (Å²) in [4.78, 5) is 15.9. The van der Waals surface area contributed by atoms with E-state index in [1.165, 1.54) is 24.7 Å². The SMILES string of the molecule is CCN=C(C)/C(=C\N)Nc1ncc2ccc(N3CCCC3C)cc2n1. The first kappa shape index (κ1) is 17.2. The molecule has 0 aliphatic carbocycles. The van der Waals surface area contributed by atoms with Crippen LogP contribution < -0.4 is 16.0 Å². The van der Waals surface area contributed by atoms with Gasteiger partial charge in [-0.2, -0.15) is 0 Å². The number of fused-ring (bicyclic) bond motifs is 1. The average Bonchev–Trinajstić information content (AvgIpc) is 3.05. The molecule has 1 atom stereocenters. The molecule has 3 N–H and O–H groups in total. The predicted molar refractivity (Wildman–Crippen MR) is 105 cm³/mol. The Balaban J connectivity index is 1.89. The van der Waals surface area contributed by atoms with Crippen LogP contribution in [-0.4, -0.2) is 34.8 Å². The molecule has 1 aliphatic heterocycles. The van der Waals surface area contributed by atoms with Crippen molar-refractivity contribution in [3.05, 3.63) is 36.3 Å². The third-order valence-corrected chi connectivity index (χ3v) is 4.65. The third kappa shape index (κ3) is 3.73. The molecule has 0 amide bonds. The minimum absolute atomic E-state index is 0.529. The summed E-state index contributed by atoms with van der Waals surface area (Å²) in [5.41, 5.74) is 9.44. The number of nitrogens with zero attached hydrogens (tertiary/aromatic N) is 4. The van der Waals surface area contributed by atoms with Crippen LogP contribution in [0.15, 0.2) is 41.3 Å². The van der Waals surface area contributed by atoms with E-state index in [0.717, 1.165) is 28.9 Å². The number of rotatable bonds is 5. The number of hydrogen-bond acceptors (Lipinski definition) is 6. The molecule has 6 heteroatoms. The number of anilines is 2. The Hall–Kier alpha value is -2.63. The lowest BCUT2D eigenvalue weighted by molar-refractivity contribution is 0.735. The van der Waals surface area contributed by atoms with E-state index in [2.05, 4.69) is 50.3 Å². The number of nitrogens with one attached hydrogen (secondary N) is 1. The molecule has 2 aromatic rings. The lowest BCUT2D eigenvalue weighted by Crippen LogP contribution is -2.26. The van der Waals surface area contributed by atoms with Crippen molar-refractivity contribution in [2.24, 2.45) is 10.7 Å². The lowest BCUT2D eigenvalue weighted by atomic mass is 10.2. The molecule has 25 heavy (non-hydrogen) atoms. The van der Waals surface area contributed by atoms with Gasteiger partial charge in [-0.25, -0.2) is 9.97 Å². The van der Waals surface area contributed by atoms with Crippen LogP contribution in [0.5, 0.6) is 0 Å². The summed E-state index contributed by atoms with van der Waals surface area (Å²) in [5.74, 6) is 0.529. The second-order valence-corrected chi connectivity index (χ2v) is 6.39.